The Balaban J connectivity index is 1.92. The van der Waals surface area contributed by atoms with Crippen LogP contribution in [0.1, 0.15) is 47.1 Å². The molecule has 1 heteroatoms. The summed E-state index contributed by atoms with van der Waals surface area (Å²) in [5.41, 5.74) is 10.4. The van der Waals surface area contributed by atoms with E-state index in [4.69, 9.17) is 0 Å². The normalized spacial score (nSPS) is 20.6. The summed E-state index contributed by atoms with van der Waals surface area (Å²) in [6.07, 6.45) is 1.20. The largest absolute Gasteiger partial charge is 0.302 e. The van der Waals surface area contributed by atoms with Crippen molar-refractivity contribution >= 4 is 5.57 Å². The lowest BCUT2D eigenvalue weighted by atomic mass is 9.88. The summed E-state index contributed by atoms with van der Waals surface area (Å²) in [4.78, 5) is 2.60. The second kappa shape index (κ2) is 5.65. The molecule has 4 rings (SSSR count). The maximum Gasteiger partial charge on any atom is 0.0192 e. The molecule has 2 aliphatic rings. The highest BCUT2D eigenvalue weighted by Gasteiger charge is 2.35. The molecule has 1 unspecified atom stereocenters. The lowest BCUT2D eigenvalue weighted by molar-refractivity contribution is 0.254. The van der Waals surface area contributed by atoms with Crippen molar-refractivity contribution in [3.05, 3.63) is 75.9 Å². The predicted octanol–water partition coefficient (Wildman–Crippen LogP) is 4.93. The minimum Gasteiger partial charge on any atom is -0.302 e. The molecule has 0 N–H and O–H groups in total. The third-order valence-electron chi connectivity index (χ3n) is 5.60. The van der Waals surface area contributed by atoms with E-state index in [0.717, 1.165) is 6.54 Å². The van der Waals surface area contributed by atoms with E-state index in [1.165, 1.54) is 47.3 Å². The lowest BCUT2D eigenvalue weighted by Gasteiger charge is -2.32. The van der Waals surface area contributed by atoms with Crippen LogP contribution in [-0.4, -0.2) is 24.5 Å². The second-order valence-corrected chi connectivity index (χ2v) is 7.00. The molecule has 1 aliphatic heterocycles. The van der Waals surface area contributed by atoms with E-state index in [1.807, 2.05) is 0 Å². The van der Waals surface area contributed by atoms with Crippen LogP contribution < -0.4 is 0 Å². The Bertz CT molecular complexity index is 784. The number of aryl methyl sites for hydroxylation is 2. The maximum absolute atomic E-state index is 2.60. The molecule has 0 saturated carbocycles. The number of fused-ring (bicyclic) bond motifs is 3. The number of likely N-dealkylation sites (N-methyl/N-ethyl adjacent to an activating group) is 1. The van der Waals surface area contributed by atoms with Gasteiger partial charge in [0, 0.05) is 19.0 Å². The fraction of sp³-hybridized carbons (Fsp3) is 0.364. The summed E-state index contributed by atoms with van der Waals surface area (Å²) in [5.74, 6) is 0.592. The van der Waals surface area contributed by atoms with E-state index in [2.05, 4.69) is 68.1 Å². The molecule has 0 amide bonds. The smallest absolute Gasteiger partial charge is 0.0192 e. The van der Waals surface area contributed by atoms with Gasteiger partial charge < -0.3 is 4.90 Å². The first-order valence-electron chi connectivity index (χ1n) is 8.81. The molecule has 0 bridgehead atoms. The zero-order valence-electron chi connectivity index (χ0n) is 14.4. The summed E-state index contributed by atoms with van der Waals surface area (Å²) >= 11 is 0. The van der Waals surface area contributed by atoms with Crippen molar-refractivity contribution in [2.75, 3.05) is 19.6 Å². The minimum atomic E-state index is 0.592. The van der Waals surface area contributed by atoms with Crippen LogP contribution in [0.25, 0.3) is 5.57 Å². The number of nitrogens with zero attached hydrogens (tertiary/aromatic N) is 1. The Labute approximate surface area is 139 Å². The van der Waals surface area contributed by atoms with Crippen molar-refractivity contribution in [2.24, 2.45) is 0 Å². The summed E-state index contributed by atoms with van der Waals surface area (Å²) in [6.45, 7) is 10.3. The fourth-order valence-electron chi connectivity index (χ4n) is 4.32. The molecule has 1 atom stereocenters. The predicted molar refractivity (Wildman–Crippen MR) is 97.9 cm³/mol. The van der Waals surface area contributed by atoms with Gasteiger partial charge in [0.15, 0.2) is 0 Å². The molecule has 0 spiro atoms. The van der Waals surface area contributed by atoms with Gasteiger partial charge >= 0.3 is 0 Å². The molecular weight excluding hydrogens is 278 g/mol. The molecule has 0 radical (unpaired) electrons. The van der Waals surface area contributed by atoms with E-state index < -0.39 is 0 Å². The van der Waals surface area contributed by atoms with Gasteiger partial charge in [-0.15, -0.1) is 0 Å². The Morgan fingerprint density at radius 2 is 1.87 bits per heavy atom. The van der Waals surface area contributed by atoms with Crippen LogP contribution >= 0.6 is 0 Å². The van der Waals surface area contributed by atoms with Crippen LogP contribution in [0.3, 0.4) is 0 Å². The highest BCUT2D eigenvalue weighted by Crippen LogP contribution is 2.49. The zero-order chi connectivity index (χ0) is 16.0. The monoisotopic (exact) mass is 303 g/mol. The quantitative estimate of drug-likeness (QED) is 0.760. The number of rotatable bonds is 2. The van der Waals surface area contributed by atoms with Crippen molar-refractivity contribution in [1.82, 2.24) is 4.90 Å². The summed E-state index contributed by atoms with van der Waals surface area (Å²) < 4.78 is 0. The highest BCUT2D eigenvalue weighted by atomic mass is 15.1. The fourth-order valence-corrected chi connectivity index (χ4v) is 4.32. The highest BCUT2D eigenvalue weighted by molar-refractivity contribution is 5.90. The van der Waals surface area contributed by atoms with Crippen molar-refractivity contribution in [3.8, 4) is 0 Å². The molecule has 118 valence electrons. The first-order chi connectivity index (χ1) is 11.2. The molecular formula is C22H25N. The Morgan fingerprint density at radius 3 is 2.65 bits per heavy atom. The van der Waals surface area contributed by atoms with Crippen LogP contribution in [0.5, 0.6) is 0 Å². The summed E-state index contributed by atoms with van der Waals surface area (Å²) in [6, 6.07) is 15.9. The number of benzene rings is 2. The molecule has 2 aromatic rings. The Hall–Kier alpha value is -1.86. The Morgan fingerprint density at radius 1 is 1.04 bits per heavy atom. The van der Waals surface area contributed by atoms with E-state index in [-0.39, 0.29) is 0 Å². The molecule has 1 aliphatic carbocycles. The molecule has 0 aromatic heterocycles. The van der Waals surface area contributed by atoms with E-state index in [0.29, 0.717) is 5.92 Å². The van der Waals surface area contributed by atoms with Gasteiger partial charge in [-0.05, 0) is 54.6 Å². The van der Waals surface area contributed by atoms with E-state index in [1.54, 1.807) is 11.1 Å². The Kier molecular flexibility index (Phi) is 3.61. The van der Waals surface area contributed by atoms with Gasteiger partial charge in [-0.3, -0.25) is 0 Å². The van der Waals surface area contributed by atoms with Gasteiger partial charge in [0.25, 0.3) is 0 Å². The SMILES string of the molecule is CCN1CCC2=C(c3ccccc3C)c3cc(C)ccc3C2C1. The number of hydrogen-bond donors (Lipinski definition) is 0. The molecule has 23 heavy (non-hydrogen) atoms. The summed E-state index contributed by atoms with van der Waals surface area (Å²) in [5, 5.41) is 0. The molecule has 1 fully saturated rings. The third kappa shape index (κ3) is 2.35. The van der Waals surface area contributed by atoms with Crippen LogP contribution in [0.2, 0.25) is 0 Å². The average molecular weight is 303 g/mol. The van der Waals surface area contributed by atoms with E-state index >= 15 is 0 Å². The first kappa shape index (κ1) is 14.7. The van der Waals surface area contributed by atoms with Gasteiger partial charge in [-0.1, -0.05) is 60.5 Å². The molecule has 1 nitrogen and oxygen atoms in total. The van der Waals surface area contributed by atoms with Crippen LogP contribution in [0.15, 0.2) is 48.0 Å². The minimum absolute atomic E-state index is 0.592. The third-order valence-corrected chi connectivity index (χ3v) is 5.60. The van der Waals surface area contributed by atoms with Gasteiger partial charge in [0.2, 0.25) is 0 Å². The van der Waals surface area contributed by atoms with Crippen LogP contribution in [0.4, 0.5) is 0 Å². The first-order valence-corrected chi connectivity index (χ1v) is 8.81. The number of piperidine rings is 1. The van der Waals surface area contributed by atoms with E-state index in [9.17, 15) is 0 Å². The van der Waals surface area contributed by atoms with Gasteiger partial charge in [-0.25, -0.2) is 0 Å². The topological polar surface area (TPSA) is 3.24 Å². The van der Waals surface area contributed by atoms with Crippen LogP contribution in [0, 0.1) is 13.8 Å². The van der Waals surface area contributed by atoms with Gasteiger partial charge in [-0.2, -0.15) is 0 Å². The van der Waals surface area contributed by atoms with Gasteiger partial charge in [0.05, 0.1) is 0 Å². The zero-order valence-corrected chi connectivity index (χ0v) is 14.4. The molecule has 1 saturated heterocycles. The van der Waals surface area contributed by atoms with Crippen molar-refractivity contribution in [3.63, 3.8) is 0 Å². The molecule has 1 heterocycles. The molecule has 2 aromatic carbocycles. The lowest BCUT2D eigenvalue weighted by Crippen LogP contribution is -2.34. The summed E-state index contributed by atoms with van der Waals surface area (Å²) in [7, 11) is 0. The average Bonchev–Trinajstić information content (AvgIpc) is 2.88. The van der Waals surface area contributed by atoms with Gasteiger partial charge in [0.1, 0.15) is 0 Å². The van der Waals surface area contributed by atoms with Crippen molar-refractivity contribution < 1.29 is 0 Å². The second-order valence-electron chi connectivity index (χ2n) is 7.00. The van der Waals surface area contributed by atoms with Crippen LogP contribution in [-0.2, 0) is 0 Å². The van der Waals surface area contributed by atoms with Crippen molar-refractivity contribution in [2.45, 2.75) is 33.1 Å². The standard InChI is InChI=1S/C22H25N/c1-4-23-12-11-19-21(14-23)18-10-9-15(2)13-20(18)22(19)17-8-6-5-7-16(17)3/h5-10,13,21H,4,11-12,14H2,1-3H3. The number of hydrogen-bond acceptors (Lipinski definition) is 1. The number of likely N-dealkylation sites (tertiary alicyclic amines) is 1. The maximum atomic E-state index is 2.60. The van der Waals surface area contributed by atoms with Crippen molar-refractivity contribution in [1.29, 1.82) is 0 Å².